The van der Waals surface area contributed by atoms with Crippen LogP contribution < -0.4 is 11.1 Å². The number of hydrogen-bond donors (Lipinski definition) is 1. The molecule has 1 aliphatic rings. The molecule has 1 aliphatic heterocycles. The largest absolute Gasteiger partial charge is 0.420 e. The molecule has 0 saturated carbocycles. The highest BCUT2D eigenvalue weighted by Gasteiger charge is 2.26. The van der Waals surface area contributed by atoms with Crippen molar-refractivity contribution in [3.05, 3.63) is 58.9 Å². The van der Waals surface area contributed by atoms with E-state index in [4.69, 9.17) is 4.42 Å². The molecule has 1 fully saturated rings. The summed E-state index contributed by atoms with van der Waals surface area (Å²) < 4.78 is 7.25. The summed E-state index contributed by atoms with van der Waals surface area (Å²) in [6.45, 7) is 12.1. The predicted molar refractivity (Wildman–Crippen MR) is 84.2 cm³/mol. The summed E-state index contributed by atoms with van der Waals surface area (Å²) in [7, 11) is 0. The Balaban J connectivity index is 2.18. The van der Waals surface area contributed by atoms with E-state index in [-0.39, 0.29) is 11.8 Å². The molecule has 1 atom stereocenters. The quantitative estimate of drug-likeness (QED) is 0.915. The molecule has 1 saturated heterocycles. The number of oxazole rings is 1. The first-order valence-electron chi connectivity index (χ1n) is 7.26. The van der Waals surface area contributed by atoms with Crippen LogP contribution in [0.2, 0.25) is 0 Å². The zero-order chi connectivity index (χ0) is 15.1. The Morgan fingerprint density at radius 1 is 1.38 bits per heavy atom. The summed E-state index contributed by atoms with van der Waals surface area (Å²) in [5.74, 6) is -0.0151. The van der Waals surface area contributed by atoms with E-state index in [1.54, 1.807) is 4.57 Å². The normalized spacial score (nSPS) is 19.3. The lowest BCUT2D eigenvalue weighted by atomic mass is 10.0. The van der Waals surface area contributed by atoms with E-state index < -0.39 is 0 Å². The van der Waals surface area contributed by atoms with Crippen molar-refractivity contribution in [3.63, 3.8) is 0 Å². The van der Waals surface area contributed by atoms with E-state index in [0.29, 0.717) is 11.5 Å². The number of nitrogens with zero attached hydrogens (tertiary/aromatic N) is 1. The number of benzene rings is 1. The van der Waals surface area contributed by atoms with Crippen LogP contribution in [0.4, 0.5) is 0 Å². The van der Waals surface area contributed by atoms with Crippen molar-refractivity contribution in [2.24, 2.45) is 0 Å². The molecule has 1 aromatic heterocycles. The van der Waals surface area contributed by atoms with Crippen molar-refractivity contribution < 1.29 is 4.42 Å². The first-order valence-corrected chi connectivity index (χ1v) is 7.26. The summed E-state index contributed by atoms with van der Waals surface area (Å²) in [4.78, 5) is 12.3. The van der Waals surface area contributed by atoms with Gasteiger partial charge in [-0.05, 0) is 30.4 Å². The van der Waals surface area contributed by atoms with Gasteiger partial charge in [-0.1, -0.05) is 39.1 Å². The molecule has 1 N–H and O–H groups in total. The van der Waals surface area contributed by atoms with E-state index >= 15 is 0 Å². The number of piperidine rings is 1. The van der Waals surface area contributed by atoms with Crippen molar-refractivity contribution in [2.45, 2.75) is 38.6 Å². The third kappa shape index (κ3) is 2.20. The number of allylic oxidation sites excluding steroid dienone is 2. The zero-order valence-electron chi connectivity index (χ0n) is 12.5. The SMILES string of the molecule is C=C1CCC(n2c(=O)oc3c(C(C)C)cccc32)C(=C)N1. The predicted octanol–water partition coefficient (Wildman–Crippen LogP) is 3.67. The average Bonchev–Trinajstić information content (AvgIpc) is 2.74. The summed E-state index contributed by atoms with van der Waals surface area (Å²) >= 11 is 0. The maximum absolute atomic E-state index is 12.3. The van der Waals surface area contributed by atoms with Gasteiger partial charge in [-0.15, -0.1) is 0 Å². The van der Waals surface area contributed by atoms with Gasteiger partial charge < -0.3 is 9.73 Å². The minimum absolute atomic E-state index is 0.0911. The van der Waals surface area contributed by atoms with Crippen LogP contribution >= 0.6 is 0 Å². The van der Waals surface area contributed by atoms with Gasteiger partial charge in [-0.2, -0.15) is 0 Å². The van der Waals surface area contributed by atoms with Crippen LogP contribution in [0.3, 0.4) is 0 Å². The van der Waals surface area contributed by atoms with Gasteiger partial charge >= 0.3 is 5.76 Å². The minimum atomic E-state index is -0.321. The van der Waals surface area contributed by atoms with Crippen molar-refractivity contribution in [3.8, 4) is 0 Å². The van der Waals surface area contributed by atoms with E-state index in [2.05, 4.69) is 32.3 Å². The van der Waals surface area contributed by atoms with Crippen molar-refractivity contribution >= 4 is 11.1 Å². The fourth-order valence-corrected chi connectivity index (χ4v) is 2.97. The Bertz CT molecular complexity index is 780. The first kappa shape index (κ1) is 13.7. The minimum Gasteiger partial charge on any atom is -0.407 e. The smallest absolute Gasteiger partial charge is 0.407 e. The second kappa shape index (κ2) is 4.95. The Hall–Kier alpha value is -2.23. The van der Waals surface area contributed by atoms with Crippen LogP contribution in [0.5, 0.6) is 0 Å². The molecule has 1 unspecified atom stereocenters. The Labute approximate surface area is 123 Å². The summed E-state index contributed by atoms with van der Waals surface area (Å²) in [5, 5.41) is 3.16. The lowest BCUT2D eigenvalue weighted by Gasteiger charge is -2.28. The fourth-order valence-electron chi connectivity index (χ4n) is 2.97. The highest BCUT2D eigenvalue weighted by Crippen LogP contribution is 2.32. The third-order valence-electron chi connectivity index (χ3n) is 4.06. The van der Waals surface area contributed by atoms with Crippen LogP contribution in [0.25, 0.3) is 11.1 Å². The summed E-state index contributed by atoms with van der Waals surface area (Å²) in [5.41, 5.74) is 4.33. The first-order chi connectivity index (χ1) is 9.99. The van der Waals surface area contributed by atoms with E-state index in [1.165, 1.54) is 0 Å². The van der Waals surface area contributed by atoms with Crippen LogP contribution in [0, 0.1) is 0 Å². The molecule has 0 aliphatic carbocycles. The van der Waals surface area contributed by atoms with Gasteiger partial charge in [0.2, 0.25) is 0 Å². The lowest BCUT2D eigenvalue weighted by Crippen LogP contribution is -2.31. The van der Waals surface area contributed by atoms with Crippen molar-refractivity contribution in [1.29, 1.82) is 0 Å². The molecular formula is C17H20N2O2. The monoisotopic (exact) mass is 284 g/mol. The molecule has 3 rings (SSSR count). The molecule has 2 heterocycles. The van der Waals surface area contributed by atoms with Crippen LogP contribution in [-0.4, -0.2) is 4.57 Å². The molecule has 0 bridgehead atoms. The number of rotatable bonds is 2. The fraction of sp³-hybridized carbons (Fsp3) is 0.353. The number of aromatic nitrogens is 1. The van der Waals surface area contributed by atoms with Crippen molar-refractivity contribution in [2.75, 3.05) is 0 Å². The molecule has 0 spiro atoms. The number of para-hydroxylation sites is 1. The van der Waals surface area contributed by atoms with Gasteiger partial charge in [0.15, 0.2) is 5.58 Å². The zero-order valence-corrected chi connectivity index (χ0v) is 12.5. The molecule has 110 valence electrons. The highest BCUT2D eigenvalue weighted by atomic mass is 16.4. The van der Waals surface area contributed by atoms with Crippen LogP contribution in [0.1, 0.15) is 44.2 Å². The number of hydrogen-bond acceptors (Lipinski definition) is 3. The van der Waals surface area contributed by atoms with Gasteiger partial charge in [-0.3, -0.25) is 4.57 Å². The average molecular weight is 284 g/mol. The Morgan fingerprint density at radius 3 is 2.81 bits per heavy atom. The molecule has 4 heteroatoms. The topological polar surface area (TPSA) is 47.2 Å². The molecular weight excluding hydrogens is 264 g/mol. The van der Waals surface area contributed by atoms with Gasteiger partial charge in [0.05, 0.1) is 11.6 Å². The second-order valence-corrected chi connectivity index (χ2v) is 5.90. The molecule has 21 heavy (non-hydrogen) atoms. The molecule has 2 aromatic rings. The highest BCUT2D eigenvalue weighted by molar-refractivity contribution is 5.77. The van der Waals surface area contributed by atoms with Crippen LogP contribution in [-0.2, 0) is 0 Å². The second-order valence-electron chi connectivity index (χ2n) is 5.90. The van der Waals surface area contributed by atoms with Gasteiger partial charge in [0.1, 0.15) is 0 Å². The molecule has 0 radical (unpaired) electrons. The van der Waals surface area contributed by atoms with Gasteiger partial charge in [-0.25, -0.2) is 4.79 Å². The summed E-state index contributed by atoms with van der Waals surface area (Å²) in [6, 6.07) is 5.83. The van der Waals surface area contributed by atoms with Crippen molar-refractivity contribution in [1.82, 2.24) is 9.88 Å². The summed E-state index contributed by atoms with van der Waals surface area (Å²) in [6.07, 6.45) is 1.64. The van der Waals surface area contributed by atoms with E-state index in [9.17, 15) is 4.79 Å². The van der Waals surface area contributed by atoms with E-state index in [1.807, 2.05) is 18.2 Å². The molecule has 4 nitrogen and oxygen atoms in total. The molecule has 1 aromatic carbocycles. The van der Waals surface area contributed by atoms with Gasteiger partial charge in [0, 0.05) is 11.4 Å². The number of fused-ring (bicyclic) bond motifs is 1. The van der Waals surface area contributed by atoms with Crippen LogP contribution in [0.15, 0.2) is 52.0 Å². The van der Waals surface area contributed by atoms with E-state index in [0.717, 1.165) is 35.3 Å². The standard InChI is InChI=1S/C17H20N2O2/c1-10(2)13-6-5-7-15-16(13)21-17(20)19(15)14-9-8-11(3)18-12(14)4/h5-7,10,14,18H,3-4,8-9H2,1-2H3. The lowest BCUT2D eigenvalue weighted by molar-refractivity contribution is 0.424. The number of nitrogens with one attached hydrogen (secondary N) is 1. The maximum atomic E-state index is 12.3. The Morgan fingerprint density at radius 2 is 2.14 bits per heavy atom. The molecule has 0 amide bonds. The van der Waals surface area contributed by atoms with Gasteiger partial charge in [0.25, 0.3) is 0 Å². The Kier molecular flexibility index (Phi) is 3.24. The maximum Gasteiger partial charge on any atom is 0.420 e. The third-order valence-corrected chi connectivity index (χ3v) is 4.06.